The van der Waals surface area contributed by atoms with Gasteiger partial charge in [0.1, 0.15) is 5.82 Å². The predicted molar refractivity (Wildman–Crippen MR) is 94.2 cm³/mol. The molecule has 2 aromatic rings. The molecule has 0 bridgehead atoms. The van der Waals surface area contributed by atoms with E-state index in [1.54, 1.807) is 23.9 Å². The minimum absolute atomic E-state index is 0.00165. The number of aryl methyl sites for hydroxylation is 2. The number of hydrogen-bond donors (Lipinski definition) is 1. The minimum atomic E-state index is -0.241. The molecule has 0 saturated carbocycles. The summed E-state index contributed by atoms with van der Waals surface area (Å²) in [4.78, 5) is 13.1. The van der Waals surface area contributed by atoms with Crippen LogP contribution in [0.4, 0.5) is 4.39 Å². The van der Waals surface area contributed by atoms with Gasteiger partial charge in [0.15, 0.2) is 0 Å². The molecule has 2 aromatic carbocycles. The molecule has 2 rings (SSSR count). The van der Waals surface area contributed by atoms with E-state index in [9.17, 15) is 9.18 Å². The summed E-state index contributed by atoms with van der Waals surface area (Å²) in [6, 6.07) is 12.6. The third-order valence-electron chi connectivity index (χ3n) is 3.69. The fraction of sp³-hybridized carbons (Fsp3) is 0.316. The Balaban J connectivity index is 1.82. The van der Waals surface area contributed by atoms with Crippen LogP contribution in [0.15, 0.2) is 47.4 Å². The molecule has 1 N–H and O–H groups in total. The molecule has 0 aromatic heterocycles. The van der Waals surface area contributed by atoms with Gasteiger partial charge in [0, 0.05) is 17.1 Å². The fourth-order valence-electron chi connectivity index (χ4n) is 2.41. The Morgan fingerprint density at radius 3 is 2.57 bits per heavy atom. The number of carbonyl (C=O) groups is 1. The van der Waals surface area contributed by atoms with E-state index in [4.69, 9.17) is 0 Å². The van der Waals surface area contributed by atoms with Crippen LogP contribution in [0.5, 0.6) is 0 Å². The van der Waals surface area contributed by atoms with Crippen molar-refractivity contribution in [3.05, 3.63) is 65.0 Å². The zero-order valence-corrected chi connectivity index (χ0v) is 14.5. The predicted octanol–water partition coefficient (Wildman–Crippen LogP) is 4.80. The van der Waals surface area contributed by atoms with E-state index in [1.807, 2.05) is 6.92 Å². The lowest BCUT2D eigenvalue weighted by Crippen LogP contribution is -2.27. The normalized spacial score (nSPS) is 12.0. The Hall–Kier alpha value is -1.81. The number of amides is 1. The highest BCUT2D eigenvalue weighted by Crippen LogP contribution is 2.21. The van der Waals surface area contributed by atoms with E-state index in [0.29, 0.717) is 12.2 Å². The van der Waals surface area contributed by atoms with Gasteiger partial charge >= 0.3 is 0 Å². The van der Waals surface area contributed by atoms with E-state index in [0.717, 1.165) is 10.5 Å². The lowest BCUT2D eigenvalue weighted by Gasteiger charge is -2.17. The molecule has 0 aliphatic heterocycles. The highest BCUT2D eigenvalue weighted by molar-refractivity contribution is 7.99. The first-order valence-electron chi connectivity index (χ1n) is 7.70. The Morgan fingerprint density at radius 2 is 1.87 bits per heavy atom. The number of thioether (sulfide) groups is 1. The molecule has 0 heterocycles. The highest BCUT2D eigenvalue weighted by Gasteiger charge is 2.12. The number of nitrogens with one attached hydrogen (secondary N) is 1. The molecule has 0 aliphatic rings. The van der Waals surface area contributed by atoms with Gasteiger partial charge in [-0.15, -0.1) is 11.8 Å². The largest absolute Gasteiger partial charge is 0.350 e. The second-order valence-electron chi connectivity index (χ2n) is 5.70. The number of halogens is 1. The van der Waals surface area contributed by atoms with Crippen LogP contribution in [0.2, 0.25) is 0 Å². The molecule has 122 valence electrons. The van der Waals surface area contributed by atoms with Gasteiger partial charge < -0.3 is 5.32 Å². The molecule has 1 atom stereocenters. The topological polar surface area (TPSA) is 29.1 Å². The van der Waals surface area contributed by atoms with Crippen LogP contribution in [0.1, 0.15) is 36.1 Å². The number of rotatable bonds is 6. The monoisotopic (exact) mass is 331 g/mol. The molecule has 0 saturated heterocycles. The van der Waals surface area contributed by atoms with Crippen LogP contribution in [-0.2, 0) is 4.79 Å². The first kappa shape index (κ1) is 17.5. The summed E-state index contributed by atoms with van der Waals surface area (Å²) in [5.41, 5.74) is 3.53. The van der Waals surface area contributed by atoms with E-state index >= 15 is 0 Å². The molecule has 1 amide bonds. The first-order valence-corrected chi connectivity index (χ1v) is 8.69. The number of hydrogen-bond acceptors (Lipinski definition) is 2. The molecular weight excluding hydrogens is 309 g/mol. The second-order valence-corrected chi connectivity index (χ2v) is 6.87. The number of carbonyl (C=O) groups excluding carboxylic acids is 1. The van der Waals surface area contributed by atoms with Gasteiger partial charge in [0.05, 0.1) is 6.04 Å². The van der Waals surface area contributed by atoms with Crippen LogP contribution in [0, 0.1) is 19.7 Å². The maximum absolute atomic E-state index is 12.8. The molecule has 0 radical (unpaired) electrons. The first-order chi connectivity index (χ1) is 11.0. The molecule has 23 heavy (non-hydrogen) atoms. The van der Waals surface area contributed by atoms with Crippen molar-refractivity contribution in [3.8, 4) is 0 Å². The highest BCUT2D eigenvalue weighted by atomic mass is 32.2. The van der Waals surface area contributed by atoms with E-state index in [-0.39, 0.29) is 17.8 Å². The maximum atomic E-state index is 12.8. The van der Waals surface area contributed by atoms with Gasteiger partial charge in [0.25, 0.3) is 0 Å². The fourth-order valence-corrected chi connectivity index (χ4v) is 3.26. The summed E-state index contributed by atoms with van der Waals surface area (Å²) in [5, 5.41) is 3.05. The Morgan fingerprint density at radius 1 is 1.17 bits per heavy atom. The van der Waals surface area contributed by atoms with Gasteiger partial charge in [-0.3, -0.25) is 4.79 Å². The van der Waals surface area contributed by atoms with Crippen molar-refractivity contribution in [1.82, 2.24) is 5.32 Å². The Bertz CT molecular complexity index is 670. The summed E-state index contributed by atoms with van der Waals surface area (Å²) in [6.45, 7) is 6.12. The van der Waals surface area contributed by atoms with Crippen molar-refractivity contribution in [3.63, 3.8) is 0 Å². The molecule has 2 nitrogen and oxygen atoms in total. The quantitative estimate of drug-likeness (QED) is 0.770. The zero-order valence-electron chi connectivity index (χ0n) is 13.7. The SMILES string of the molecule is Cc1ccc(C)c(C(C)NC(=O)CCSc2ccc(F)cc2)c1. The molecule has 0 aliphatic carbocycles. The standard InChI is InChI=1S/C19H22FNOS/c1-13-4-5-14(2)18(12-13)15(3)21-19(22)10-11-23-17-8-6-16(20)7-9-17/h4-9,12,15H,10-11H2,1-3H3,(H,21,22). The zero-order chi connectivity index (χ0) is 16.8. The molecule has 1 unspecified atom stereocenters. The van der Waals surface area contributed by atoms with E-state index < -0.39 is 0 Å². The summed E-state index contributed by atoms with van der Waals surface area (Å²) in [7, 11) is 0. The van der Waals surface area contributed by atoms with Crippen molar-refractivity contribution >= 4 is 17.7 Å². The molecule has 0 fully saturated rings. The van der Waals surface area contributed by atoms with Crippen molar-refractivity contribution in [2.24, 2.45) is 0 Å². The average Bonchev–Trinajstić information content (AvgIpc) is 2.51. The Kier molecular flexibility index (Phi) is 6.22. The number of benzene rings is 2. The van der Waals surface area contributed by atoms with Crippen LogP contribution in [-0.4, -0.2) is 11.7 Å². The third-order valence-corrected chi connectivity index (χ3v) is 4.70. The molecule has 0 spiro atoms. The van der Waals surface area contributed by atoms with Crippen molar-refractivity contribution < 1.29 is 9.18 Å². The van der Waals surface area contributed by atoms with Gasteiger partial charge in [0.2, 0.25) is 5.91 Å². The van der Waals surface area contributed by atoms with Gasteiger partial charge in [-0.05, 0) is 56.2 Å². The lowest BCUT2D eigenvalue weighted by molar-refractivity contribution is -0.121. The van der Waals surface area contributed by atoms with Crippen molar-refractivity contribution in [1.29, 1.82) is 0 Å². The average molecular weight is 331 g/mol. The van der Waals surface area contributed by atoms with Gasteiger partial charge in [-0.2, -0.15) is 0 Å². The van der Waals surface area contributed by atoms with E-state index in [1.165, 1.54) is 23.3 Å². The minimum Gasteiger partial charge on any atom is -0.350 e. The maximum Gasteiger partial charge on any atom is 0.221 e. The van der Waals surface area contributed by atoms with Crippen LogP contribution < -0.4 is 5.32 Å². The van der Waals surface area contributed by atoms with Crippen LogP contribution >= 0.6 is 11.8 Å². The van der Waals surface area contributed by atoms with Crippen LogP contribution in [0.25, 0.3) is 0 Å². The van der Waals surface area contributed by atoms with Crippen molar-refractivity contribution in [2.45, 2.75) is 38.1 Å². The molecule has 4 heteroatoms. The third kappa shape index (κ3) is 5.39. The summed E-state index contributed by atoms with van der Waals surface area (Å²) in [5.74, 6) is 0.472. The summed E-state index contributed by atoms with van der Waals surface area (Å²) < 4.78 is 12.8. The second kappa shape index (κ2) is 8.16. The Labute approximate surface area is 141 Å². The van der Waals surface area contributed by atoms with E-state index in [2.05, 4.69) is 37.4 Å². The molecular formula is C19H22FNOS. The van der Waals surface area contributed by atoms with Crippen molar-refractivity contribution in [2.75, 3.05) is 5.75 Å². The smallest absolute Gasteiger partial charge is 0.221 e. The summed E-state index contributed by atoms with van der Waals surface area (Å²) in [6.07, 6.45) is 0.442. The van der Waals surface area contributed by atoms with Gasteiger partial charge in [-0.1, -0.05) is 23.8 Å². The summed E-state index contributed by atoms with van der Waals surface area (Å²) >= 11 is 1.56. The van der Waals surface area contributed by atoms with Crippen LogP contribution in [0.3, 0.4) is 0 Å². The van der Waals surface area contributed by atoms with Gasteiger partial charge in [-0.25, -0.2) is 4.39 Å². The lowest BCUT2D eigenvalue weighted by atomic mass is 10.00.